The quantitative estimate of drug-likeness (QED) is 0.722. The van der Waals surface area contributed by atoms with E-state index in [2.05, 4.69) is 24.9 Å². The van der Waals surface area contributed by atoms with Gasteiger partial charge in [0.05, 0.1) is 11.3 Å². The molecule has 0 spiro atoms. The fraction of sp³-hybridized carbons (Fsp3) is 0.316. The summed E-state index contributed by atoms with van der Waals surface area (Å²) in [5.41, 5.74) is 2.93. The minimum absolute atomic E-state index is 0.0800. The molecule has 3 rings (SSSR count). The van der Waals surface area contributed by atoms with Gasteiger partial charge in [0.25, 0.3) is 0 Å². The Morgan fingerprint density at radius 2 is 2.00 bits per heavy atom. The second kappa shape index (κ2) is 6.58. The number of rotatable bonds is 3. The lowest BCUT2D eigenvalue weighted by atomic mass is 9.75. The van der Waals surface area contributed by atoms with Gasteiger partial charge in [-0.1, -0.05) is 37.6 Å². The molecule has 0 fully saturated rings. The molecule has 122 valence electrons. The highest BCUT2D eigenvalue weighted by Gasteiger charge is 2.32. The van der Waals surface area contributed by atoms with Crippen molar-refractivity contribution in [2.75, 3.05) is 0 Å². The second-order valence-electron chi connectivity index (χ2n) is 6.80. The maximum atomic E-state index is 12.3. The van der Waals surface area contributed by atoms with Crippen LogP contribution >= 0.6 is 23.4 Å². The van der Waals surface area contributed by atoms with Gasteiger partial charge in [0.2, 0.25) is 0 Å². The zero-order valence-corrected chi connectivity index (χ0v) is 15.2. The van der Waals surface area contributed by atoms with Crippen molar-refractivity contribution in [3.63, 3.8) is 0 Å². The number of halogens is 1. The summed E-state index contributed by atoms with van der Waals surface area (Å²) >= 11 is 7.42. The summed E-state index contributed by atoms with van der Waals surface area (Å²) in [7, 11) is 0. The molecule has 1 aliphatic carbocycles. The maximum Gasteiger partial charge on any atom is 0.165 e. The highest BCUT2D eigenvalue weighted by Crippen LogP contribution is 2.36. The van der Waals surface area contributed by atoms with E-state index >= 15 is 0 Å². The van der Waals surface area contributed by atoms with Crippen LogP contribution in [0.15, 0.2) is 35.4 Å². The van der Waals surface area contributed by atoms with E-state index in [0.29, 0.717) is 33.3 Å². The molecule has 0 atom stereocenters. The second-order valence-corrected chi connectivity index (χ2v) is 8.20. The number of Topliss-reactive ketones (excluding diaryl/α,β-unsaturated/α-hetero) is 1. The number of carbonyl (C=O) groups excluding carboxylic acids is 1. The first kappa shape index (κ1) is 17.0. The van der Waals surface area contributed by atoms with Crippen LogP contribution in [-0.2, 0) is 12.2 Å². The summed E-state index contributed by atoms with van der Waals surface area (Å²) in [6, 6.07) is 11.5. The summed E-state index contributed by atoms with van der Waals surface area (Å²) in [5.74, 6) is 0.786. The Balaban J connectivity index is 1.89. The molecule has 0 aliphatic heterocycles. The Morgan fingerprint density at radius 1 is 1.29 bits per heavy atom. The largest absolute Gasteiger partial charge is 0.294 e. The number of nitriles is 1. The molecule has 1 heterocycles. The number of nitrogens with zero attached hydrogens (tertiary/aromatic N) is 2. The van der Waals surface area contributed by atoms with Crippen molar-refractivity contribution in [1.29, 1.82) is 5.26 Å². The molecule has 1 aromatic carbocycles. The van der Waals surface area contributed by atoms with E-state index in [1.165, 1.54) is 11.8 Å². The van der Waals surface area contributed by atoms with E-state index < -0.39 is 0 Å². The molecular weight excluding hydrogens is 340 g/mol. The average Bonchev–Trinajstić information content (AvgIpc) is 2.52. The lowest BCUT2D eigenvalue weighted by molar-refractivity contribution is 0.0910. The predicted molar refractivity (Wildman–Crippen MR) is 96.4 cm³/mol. The normalized spacial score (nSPS) is 15.7. The van der Waals surface area contributed by atoms with Gasteiger partial charge in [-0.05, 0) is 35.6 Å². The van der Waals surface area contributed by atoms with E-state index in [0.717, 1.165) is 17.7 Å². The standard InChI is InChI=1S/C19H17ClN2OS/c1-19(2)8-16-15(17(23)9-19)7-13(10-21)18(22-16)24-11-12-3-5-14(20)6-4-12/h3-7H,8-9,11H2,1-2H3. The molecule has 0 N–H and O–H groups in total. The maximum absolute atomic E-state index is 12.3. The Labute approximate surface area is 151 Å². The third-order valence-corrected chi connectivity index (χ3v) is 5.38. The van der Waals surface area contributed by atoms with E-state index in [1.807, 2.05) is 24.3 Å². The first-order valence-corrected chi connectivity index (χ1v) is 9.09. The Morgan fingerprint density at radius 3 is 2.67 bits per heavy atom. The molecular formula is C19H17ClN2OS. The molecule has 0 amide bonds. The Hall–Kier alpha value is -1.83. The molecule has 5 heteroatoms. The van der Waals surface area contributed by atoms with E-state index in [4.69, 9.17) is 11.6 Å². The van der Waals surface area contributed by atoms with Gasteiger partial charge in [0.1, 0.15) is 11.1 Å². The highest BCUT2D eigenvalue weighted by atomic mass is 35.5. The van der Waals surface area contributed by atoms with Crippen LogP contribution in [0.2, 0.25) is 5.02 Å². The number of hydrogen-bond acceptors (Lipinski definition) is 4. The SMILES string of the molecule is CC1(C)CC(=O)c2cc(C#N)c(SCc3ccc(Cl)cc3)nc2C1. The number of carbonyl (C=O) groups is 1. The number of benzene rings is 1. The van der Waals surface area contributed by atoms with Crippen LogP contribution in [-0.4, -0.2) is 10.8 Å². The summed E-state index contributed by atoms with van der Waals surface area (Å²) in [6.45, 7) is 4.16. The van der Waals surface area contributed by atoms with Gasteiger partial charge in [-0.25, -0.2) is 4.98 Å². The summed E-state index contributed by atoms with van der Waals surface area (Å²) in [6.07, 6.45) is 1.26. The van der Waals surface area contributed by atoms with Crippen LogP contribution in [0.25, 0.3) is 0 Å². The Bertz CT molecular complexity index is 838. The number of hydrogen-bond donors (Lipinski definition) is 0. The topological polar surface area (TPSA) is 53.8 Å². The highest BCUT2D eigenvalue weighted by molar-refractivity contribution is 7.98. The van der Waals surface area contributed by atoms with Crippen LogP contribution in [0, 0.1) is 16.7 Å². The molecule has 1 aromatic heterocycles. The first-order chi connectivity index (χ1) is 11.4. The fourth-order valence-corrected chi connectivity index (χ4v) is 3.93. The molecule has 0 saturated carbocycles. The van der Waals surface area contributed by atoms with E-state index in [1.54, 1.807) is 6.07 Å². The van der Waals surface area contributed by atoms with Crippen molar-refractivity contribution in [2.45, 2.75) is 37.5 Å². The third kappa shape index (κ3) is 3.63. The molecule has 2 aromatic rings. The first-order valence-electron chi connectivity index (χ1n) is 7.72. The van der Waals surface area contributed by atoms with Crippen molar-refractivity contribution >= 4 is 29.1 Å². The van der Waals surface area contributed by atoms with Crippen molar-refractivity contribution in [1.82, 2.24) is 4.98 Å². The van der Waals surface area contributed by atoms with Crippen LogP contribution in [0.4, 0.5) is 0 Å². The van der Waals surface area contributed by atoms with Gasteiger partial charge >= 0.3 is 0 Å². The van der Waals surface area contributed by atoms with E-state index in [9.17, 15) is 10.1 Å². The summed E-state index contributed by atoms with van der Waals surface area (Å²) < 4.78 is 0. The monoisotopic (exact) mass is 356 g/mol. The minimum Gasteiger partial charge on any atom is -0.294 e. The van der Waals surface area contributed by atoms with Crippen molar-refractivity contribution in [3.8, 4) is 6.07 Å². The van der Waals surface area contributed by atoms with Crippen LogP contribution < -0.4 is 0 Å². The third-order valence-electron chi connectivity index (χ3n) is 4.06. The molecule has 0 saturated heterocycles. The van der Waals surface area contributed by atoms with Crippen LogP contribution in [0.5, 0.6) is 0 Å². The predicted octanol–water partition coefficient (Wildman–Crippen LogP) is 5.05. The fourth-order valence-electron chi connectivity index (χ4n) is 2.88. The molecule has 0 bridgehead atoms. The zero-order chi connectivity index (χ0) is 17.3. The number of pyridine rings is 1. The molecule has 3 nitrogen and oxygen atoms in total. The van der Waals surface area contributed by atoms with Crippen molar-refractivity contribution < 1.29 is 4.79 Å². The van der Waals surface area contributed by atoms with Gasteiger partial charge in [-0.15, -0.1) is 11.8 Å². The van der Waals surface area contributed by atoms with Gasteiger partial charge < -0.3 is 0 Å². The van der Waals surface area contributed by atoms with Crippen LogP contribution in [0.1, 0.15) is 47.4 Å². The molecule has 0 radical (unpaired) electrons. The molecule has 24 heavy (non-hydrogen) atoms. The number of aromatic nitrogens is 1. The van der Waals surface area contributed by atoms with Gasteiger partial charge in [-0.3, -0.25) is 4.79 Å². The smallest absolute Gasteiger partial charge is 0.165 e. The minimum atomic E-state index is -0.0800. The number of thioether (sulfide) groups is 1. The lowest BCUT2D eigenvalue weighted by Gasteiger charge is -2.29. The van der Waals surface area contributed by atoms with Crippen LogP contribution in [0.3, 0.4) is 0 Å². The van der Waals surface area contributed by atoms with Gasteiger partial charge in [-0.2, -0.15) is 5.26 Å². The lowest BCUT2D eigenvalue weighted by Crippen LogP contribution is -2.28. The average molecular weight is 357 g/mol. The van der Waals surface area contributed by atoms with Crippen molar-refractivity contribution in [2.24, 2.45) is 5.41 Å². The van der Waals surface area contributed by atoms with Gasteiger partial charge in [0.15, 0.2) is 5.78 Å². The molecule has 1 aliphatic rings. The van der Waals surface area contributed by atoms with E-state index in [-0.39, 0.29) is 11.2 Å². The summed E-state index contributed by atoms with van der Waals surface area (Å²) in [5, 5.41) is 10.8. The zero-order valence-electron chi connectivity index (χ0n) is 13.6. The number of ketones is 1. The Kier molecular flexibility index (Phi) is 4.67. The van der Waals surface area contributed by atoms with Gasteiger partial charge in [0, 0.05) is 22.8 Å². The number of fused-ring (bicyclic) bond motifs is 1. The molecule has 0 unspecified atom stereocenters. The summed E-state index contributed by atoms with van der Waals surface area (Å²) in [4.78, 5) is 17.0. The van der Waals surface area contributed by atoms with Crippen molar-refractivity contribution in [3.05, 3.63) is 57.7 Å².